The molecule has 0 unspecified atom stereocenters. The second-order valence-electron chi connectivity index (χ2n) is 6.52. The molecule has 6 nitrogen and oxygen atoms in total. The minimum atomic E-state index is -2.68. The van der Waals surface area contributed by atoms with E-state index in [0.29, 0.717) is 6.54 Å². The molecule has 0 bridgehead atoms. The Balaban J connectivity index is 2.00. The Morgan fingerprint density at radius 3 is 2.61 bits per heavy atom. The van der Waals surface area contributed by atoms with Crippen LogP contribution < -0.4 is 5.32 Å². The van der Waals surface area contributed by atoms with Crippen molar-refractivity contribution in [3.8, 4) is 0 Å². The number of amides is 2. The monoisotopic (exact) mass is 334 g/mol. The van der Waals surface area contributed by atoms with E-state index in [9.17, 15) is 23.5 Å². The number of carbonyl (C=O) groups excluding carboxylic acids is 2. The lowest BCUT2D eigenvalue weighted by atomic mass is 9.85. The molecule has 23 heavy (non-hydrogen) atoms. The molecule has 8 heteroatoms. The summed E-state index contributed by atoms with van der Waals surface area (Å²) in [6.45, 7) is 0.492. The third-order valence-corrected chi connectivity index (χ3v) is 4.51. The van der Waals surface area contributed by atoms with E-state index >= 15 is 0 Å². The van der Waals surface area contributed by atoms with Crippen LogP contribution in [0, 0.1) is 5.92 Å². The fourth-order valence-corrected chi connectivity index (χ4v) is 3.14. The Hall–Kier alpha value is -1.28. The molecule has 1 atom stereocenters. The number of alkyl halides is 2. The fraction of sp³-hybridized carbons (Fsp3) is 0.867. The number of rotatable bonds is 3. The lowest BCUT2D eigenvalue weighted by Gasteiger charge is -2.34. The van der Waals surface area contributed by atoms with Gasteiger partial charge in [0.05, 0.1) is 26.2 Å². The standard InChI is InChI=1S/C15H24F2N2O4/c1-18-12(20)8-14(22)9-19(6-7-23-10-14)13(21)11-2-4-15(16,17)5-3-11/h11,22H,2-10H2,1H3,(H,18,20)/t14-/m0/s1. The number of nitrogens with one attached hydrogen (secondary N) is 1. The Morgan fingerprint density at radius 2 is 2.00 bits per heavy atom. The zero-order valence-corrected chi connectivity index (χ0v) is 13.3. The van der Waals surface area contributed by atoms with E-state index in [2.05, 4.69) is 5.32 Å². The molecule has 1 aliphatic carbocycles. The van der Waals surface area contributed by atoms with Crippen LogP contribution in [-0.2, 0) is 14.3 Å². The molecule has 132 valence electrons. The molecule has 2 N–H and O–H groups in total. The van der Waals surface area contributed by atoms with Crippen molar-refractivity contribution in [3.05, 3.63) is 0 Å². The van der Waals surface area contributed by atoms with Gasteiger partial charge in [0.15, 0.2) is 0 Å². The summed E-state index contributed by atoms with van der Waals surface area (Å²) in [7, 11) is 1.47. The van der Waals surface area contributed by atoms with E-state index in [0.717, 1.165) is 0 Å². The average molecular weight is 334 g/mol. The molecule has 1 aliphatic heterocycles. The first-order chi connectivity index (χ1) is 10.7. The Kier molecular flexibility index (Phi) is 5.57. The zero-order valence-electron chi connectivity index (χ0n) is 13.3. The molecular formula is C15H24F2N2O4. The van der Waals surface area contributed by atoms with Crippen molar-refractivity contribution in [1.82, 2.24) is 10.2 Å². The molecule has 2 rings (SSSR count). The van der Waals surface area contributed by atoms with Gasteiger partial charge in [0.1, 0.15) is 5.60 Å². The second-order valence-corrected chi connectivity index (χ2v) is 6.52. The molecule has 0 aromatic rings. The first kappa shape index (κ1) is 18.1. The minimum Gasteiger partial charge on any atom is -0.385 e. The van der Waals surface area contributed by atoms with Crippen LogP contribution in [0.4, 0.5) is 8.78 Å². The third kappa shape index (κ3) is 4.84. The highest BCUT2D eigenvalue weighted by Gasteiger charge is 2.41. The Labute approximate surface area is 134 Å². The van der Waals surface area contributed by atoms with E-state index in [4.69, 9.17) is 4.74 Å². The van der Waals surface area contributed by atoms with Gasteiger partial charge in [-0.3, -0.25) is 9.59 Å². The molecule has 2 amide bonds. The summed E-state index contributed by atoms with van der Waals surface area (Å²) in [5.41, 5.74) is -1.45. The molecular weight excluding hydrogens is 310 g/mol. The van der Waals surface area contributed by atoms with Gasteiger partial charge >= 0.3 is 0 Å². The summed E-state index contributed by atoms with van der Waals surface area (Å²) in [4.78, 5) is 25.6. The number of hydrogen-bond donors (Lipinski definition) is 2. The van der Waals surface area contributed by atoms with Gasteiger partial charge in [-0.05, 0) is 12.8 Å². The van der Waals surface area contributed by atoms with Crippen molar-refractivity contribution in [2.45, 2.75) is 43.6 Å². The van der Waals surface area contributed by atoms with Gasteiger partial charge in [-0.15, -0.1) is 0 Å². The summed E-state index contributed by atoms with van der Waals surface area (Å²) in [6, 6.07) is 0. The van der Waals surface area contributed by atoms with Gasteiger partial charge in [0, 0.05) is 32.4 Å². The number of ether oxygens (including phenoxy) is 1. The van der Waals surface area contributed by atoms with Gasteiger partial charge in [-0.25, -0.2) is 8.78 Å². The van der Waals surface area contributed by atoms with Gasteiger partial charge in [-0.1, -0.05) is 0 Å². The van der Waals surface area contributed by atoms with E-state index < -0.39 is 17.4 Å². The van der Waals surface area contributed by atoms with Crippen LogP contribution in [0.3, 0.4) is 0 Å². The zero-order chi connectivity index (χ0) is 17.1. The van der Waals surface area contributed by atoms with Crippen LogP contribution in [0.15, 0.2) is 0 Å². The quantitative estimate of drug-likeness (QED) is 0.789. The van der Waals surface area contributed by atoms with Gasteiger partial charge < -0.3 is 20.1 Å². The predicted octanol–water partition coefficient (Wildman–Crippen LogP) is 0.538. The first-order valence-corrected chi connectivity index (χ1v) is 7.92. The SMILES string of the molecule is CNC(=O)C[C@@]1(O)COCCN(C(=O)C2CCC(F)(F)CC2)C1. The number of carbonyl (C=O) groups is 2. The number of aliphatic hydroxyl groups is 1. The van der Waals surface area contributed by atoms with E-state index in [1.807, 2.05) is 0 Å². The maximum absolute atomic E-state index is 13.2. The number of nitrogens with zero attached hydrogens (tertiary/aromatic N) is 1. The van der Waals surface area contributed by atoms with Crippen molar-refractivity contribution >= 4 is 11.8 Å². The summed E-state index contributed by atoms with van der Waals surface area (Å²) in [5, 5.41) is 13.0. The normalized spacial score (nSPS) is 29.0. The van der Waals surface area contributed by atoms with E-state index in [1.165, 1.54) is 11.9 Å². The molecule has 0 radical (unpaired) electrons. The Morgan fingerprint density at radius 1 is 1.35 bits per heavy atom. The first-order valence-electron chi connectivity index (χ1n) is 7.92. The molecule has 0 aromatic heterocycles. The van der Waals surface area contributed by atoms with Gasteiger partial charge in [-0.2, -0.15) is 0 Å². The third-order valence-electron chi connectivity index (χ3n) is 4.51. The van der Waals surface area contributed by atoms with Crippen molar-refractivity contribution in [2.24, 2.45) is 5.92 Å². The van der Waals surface area contributed by atoms with Gasteiger partial charge in [0.25, 0.3) is 0 Å². The molecule has 1 saturated heterocycles. The fourth-order valence-electron chi connectivity index (χ4n) is 3.14. The highest BCUT2D eigenvalue weighted by Crippen LogP contribution is 2.37. The lowest BCUT2D eigenvalue weighted by Crippen LogP contribution is -2.50. The van der Waals surface area contributed by atoms with Crippen LogP contribution in [0.25, 0.3) is 0 Å². The summed E-state index contributed by atoms with van der Waals surface area (Å²) in [5.74, 6) is -3.71. The second kappa shape index (κ2) is 7.09. The molecule has 2 aliphatic rings. The van der Waals surface area contributed by atoms with Crippen LogP contribution in [0.1, 0.15) is 32.1 Å². The number of halogens is 2. The largest absolute Gasteiger partial charge is 0.385 e. The molecule has 2 fully saturated rings. The van der Waals surface area contributed by atoms with Crippen LogP contribution in [-0.4, -0.2) is 66.7 Å². The highest BCUT2D eigenvalue weighted by atomic mass is 19.3. The van der Waals surface area contributed by atoms with Crippen molar-refractivity contribution in [1.29, 1.82) is 0 Å². The molecule has 0 aromatic carbocycles. The lowest BCUT2D eigenvalue weighted by molar-refractivity contribution is -0.144. The minimum absolute atomic E-state index is 0.0217. The topological polar surface area (TPSA) is 78.9 Å². The Bertz CT molecular complexity index is 451. The van der Waals surface area contributed by atoms with Crippen molar-refractivity contribution in [3.63, 3.8) is 0 Å². The average Bonchev–Trinajstić information content (AvgIpc) is 2.68. The number of β-amino-alcohol motifs (C(OH)–C–C–N with tert-alkyl or cyclic N) is 1. The smallest absolute Gasteiger partial charge is 0.248 e. The van der Waals surface area contributed by atoms with Crippen LogP contribution in [0.2, 0.25) is 0 Å². The predicted molar refractivity (Wildman–Crippen MR) is 77.9 cm³/mol. The summed E-state index contributed by atoms with van der Waals surface area (Å²) >= 11 is 0. The number of hydrogen-bond acceptors (Lipinski definition) is 4. The molecule has 1 heterocycles. The van der Waals surface area contributed by atoms with E-state index in [1.54, 1.807) is 0 Å². The highest BCUT2D eigenvalue weighted by molar-refractivity contribution is 5.80. The summed E-state index contributed by atoms with van der Waals surface area (Å²) < 4.78 is 31.8. The maximum atomic E-state index is 13.2. The van der Waals surface area contributed by atoms with Crippen molar-refractivity contribution < 1.29 is 28.2 Å². The molecule has 0 spiro atoms. The van der Waals surface area contributed by atoms with Crippen LogP contribution in [0.5, 0.6) is 0 Å². The molecule has 1 saturated carbocycles. The maximum Gasteiger partial charge on any atom is 0.248 e. The summed E-state index contributed by atoms with van der Waals surface area (Å²) in [6.07, 6.45) is -0.434. The van der Waals surface area contributed by atoms with E-state index in [-0.39, 0.29) is 63.7 Å². The van der Waals surface area contributed by atoms with Crippen LogP contribution >= 0.6 is 0 Å². The van der Waals surface area contributed by atoms with Crippen molar-refractivity contribution in [2.75, 3.05) is 33.4 Å². The van der Waals surface area contributed by atoms with Gasteiger partial charge in [0.2, 0.25) is 17.7 Å².